The Balaban J connectivity index is 1.51. The third-order valence-corrected chi connectivity index (χ3v) is 8.79. The van der Waals surface area contributed by atoms with Crippen LogP contribution in [0.2, 0.25) is 0 Å². The highest BCUT2D eigenvalue weighted by molar-refractivity contribution is 8.00. The van der Waals surface area contributed by atoms with E-state index in [4.69, 9.17) is 4.74 Å². The van der Waals surface area contributed by atoms with Crippen molar-refractivity contribution in [3.05, 3.63) is 32.8 Å². The Morgan fingerprint density at radius 2 is 2.10 bits per heavy atom. The molecule has 0 saturated carbocycles. The van der Waals surface area contributed by atoms with Gasteiger partial charge < -0.3 is 10.1 Å². The lowest BCUT2D eigenvalue weighted by Gasteiger charge is -2.18. The second-order valence-corrected chi connectivity index (χ2v) is 11.0. The van der Waals surface area contributed by atoms with Crippen molar-refractivity contribution in [1.29, 1.82) is 0 Å². The van der Waals surface area contributed by atoms with E-state index in [1.807, 2.05) is 13.8 Å². The lowest BCUT2D eigenvalue weighted by atomic mass is 9.89. The monoisotopic (exact) mass is 475 g/mol. The highest BCUT2D eigenvalue weighted by Gasteiger charge is 2.25. The fraction of sp³-hybridized carbons (Fsp3) is 0.455. The van der Waals surface area contributed by atoms with Gasteiger partial charge in [-0.05, 0) is 57.1 Å². The van der Waals surface area contributed by atoms with E-state index in [1.165, 1.54) is 40.0 Å². The molecule has 0 spiro atoms. The van der Waals surface area contributed by atoms with Crippen LogP contribution in [-0.2, 0) is 22.4 Å². The van der Waals surface area contributed by atoms with Crippen molar-refractivity contribution in [2.24, 2.45) is 5.92 Å². The normalized spacial score (nSPS) is 15.7. The molecule has 4 rings (SSSR count). The molecule has 0 aliphatic heterocycles. The van der Waals surface area contributed by atoms with Gasteiger partial charge in [-0.2, -0.15) is 0 Å². The third-order valence-electron chi connectivity index (χ3n) is 5.51. The Kier molecular flexibility index (Phi) is 6.64. The van der Waals surface area contributed by atoms with Gasteiger partial charge in [-0.25, -0.2) is 14.8 Å². The molecule has 1 aliphatic carbocycles. The summed E-state index contributed by atoms with van der Waals surface area (Å²) in [6, 6.07) is 0. The molecule has 0 radical (unpaired) electrons. The highest BCUT2D eigenvalue weighted by atomic mass is 32.2. The fourth-order valence-corrected chi connectivity index (χ4v) is 7.12. The number of fused-ring (bicyclic) bond motifs is 3. The number of carbonyl (C=O) groups is 2. The summed E-state index contributed by atoms with van der Waals surface area (Å²) in [4.78, 5) is 37.4. The Hall–Kier alpha value is -1.97. The molecule has 0 aromatic carbocycles. The number of nitrogens with zero attached hydrogens (tertiary/aromatic N) is 2. The average Bonchev–Trinajstić information content (AvgIpc) is 3.23. The van der Waals surface area contributed by atoms with E-state index in [0.717, 1.165) is 38.5 Å². The summed E-state index contributed by atoms with van der Waals surface area (Å²) < 4.78 is 5.17. The first-order chi connectivity index (χ1) is 14.9. The number of esters is 1. The van der Waals surface area contributed by atoms with Gasteiger partial charge in [0.25, 0.3) is 0 Å². The van der Waals surface area contributed by atoms with Crippen LogP contribution in [-0.4, -0.2) is 34.2 Å². The summed E-state index contributed by atoms with van der Waals surface area (Å²) in [5.74, 6) is 0.345. The second-order valence-electron chi connectivity index (χ2n) is 7.76. The molecule has 3 heterocycles. The molecule has 1 N–H and O–H groups in total. The molecule has 3 aromatic rings. The van der Waals surface area contributed by atoms with Crippen LogP contribution < -0.4 is 5.32 Å². The van der Waals surface area contributed by atoms with Gasteiger partial charge in [-0.15, -0.1) is 22.7 Å². The van der Waals surface area contributed by atoms with Crippen LogP contribution >= 0.6 is 34.4 Å². The molecule has 164 valence electrons. The standard InChI is InChI=1S/C22H25N3O3S3/c1-5-28-22(27)17-12(3)13(4)30-21(17)25-16(26)9-29-19-18-14-7-6-11(2)8-15(14)31-20(18)24-10-23-19/h10-11H,5-9H2,1-4H3,(H,25,26). The number of carbonyl (C=O) groups excluding carboxylic acids is 2. The predicted molar refractivity (Wildman–Crippen MR) is 128 cm³/mol. The molecule has 1 aliphatic rings. The number of hydrogen-bond acceptors (Lipinski definition) is 8. The quantitative estimate of drug-likeness (QED) is 0.292. The number of thioether (sulfide) groups is 1. The first-order valence-electron chi connectivity index (χ1n) is 10.3. The van der Waals surface area contributed by atoms with E-state index in [0.29, 0.717) is 23.1 Å². The average molecular weight is 476 g/mol. The zero-order valence-corrected chi connectivity index (χ0v) is 20.5. The van der Waals surface area contributed by atoms with Crippen molar-refractivity contribution in [3.8, 4) is 0 Å². The van der Waals surface area contributed by atoms with Gasteiger partial charge in [0.1, 0.15) is 21.2 Å². The minimum atomic E-state index is -0.399. The summed E-state index contributed by atoms with van der Waals surface area (Å²) in [6.07, 6.45) is 4.89. The summed E-state index contributed by atoms with van der Waals surface area (Å²) >= 11 is 4.58. The molecule has 1 unspecified atom stereocenters. The molecular weight excluding hydrogens is 450 g/mol. The molecule has 0 bridgehead atoms. The molecule has 6 nitrogen and oxygen atoms in total. The van der Waals surface area contributed by atoms with E-state index in [9.17, 15) is 9.59 Å². The van der Waals surface area contributed by atoms with Crippen molar-refractivity contribution in [1.82, 2.24) is 9.97 Å². The van der Waals surface area contributed by atoms with Gasteiger partial charge in [-0.1, -0.05) is 18.7 Å². The summed E-state index contributed by atoms with van der Waals surface area (Å²) in [5, 5.41) is 5.43. The van der Waals surface area contributed by atoms with Gasteiger partial charge in [-0.3, -0.25) is 4.79 Å². The largest absolute Gasteiger partial charge is 0.462 e. The summed E-state index contributed by atoms with van der Waals surface area (Å²) in [5.41, 5.74) is 2.66. The van der Waals surface area contributed by atoms with E-state index >= 15 is 0 Å². The number of rotatable bonds is 6. The number of anilines is 1. The Labute approximate surface area is 193 Å². The van der Waals surface area contributed by atoms with E-state index in [2.05, 4.69) is 22.2 Å². The summed E-state index contributed by atoms with van der Waals surface area (Å²) in [7, 11) is 0. The number of aromatic nitrogens is 2. The minimum absolute atomic E-state index is 0.165. The molecule has 1 amide bonds. The van der Waals surface area contributed by atoms with Crippen LogP contribution in [0.3, 0.4) is 0 Å². The van der Waals surface area contributed by atoms with Crippen molar-refractivity contribution in [2.45, 2.75) is 52.0 Å². The molecule has 9 heteroatoms. The Morgan fingerprint density at radius 3 is 2.87 bits per heavy atom. The number of aryl methyl sites for hydroxylation is 2. The fourth-order valence-electron chi connectivity index (χ4n) is 3.82. The van der Waals surface area contributed by atoms with Crippen molar-refractivity contribution >= 4 is 61.5 Å². The molecule has 0 saturated heterocycles. The van der Waals surface area contributed by atoms with Gasteiger partial charge in [0, 0.05) is 15.1 Å². The van der Waals surface area contributed by atoms with Crippen LogP contribution in [0, 0.1) is 19.8 Å². The maximum atomic E-state index is 12.7. The molecule has 31 heavy (non-hydrogen) atoms. The first-order valence-corrected chi connectivity index (χ1v) is 13.0. The van der Waals surface area contributed by atoms with Gasteiger partial charge in [0.2, 0.25) is 5.91 Å². The zero-order chi connectivity index (χ0) is 22.1. The third kappa shape index (κ3) is 4.49. The van der Waals surface area contributed by atoms with Crippen LogP contribution in [0.5, 0.6) is 0 Å². The molecule has 0 fully saturated rings. The number of thiophene rings is 2. The van der Waals surface area contributed by atoms with E-state index < -0.39 is 5.97 Å². The van der Waals surface area contributed by atoms with Gasteiger partial charge >= 0.3 is 5.97 Å². The second kappa shape index (κ2) is 9.26. The topological polar surface area (TPSA) is 81.2 Å². The van der Waals surface area contributed by atoms with Crippen molar-refractivity contribution in [3.63, 3.8) is 0 Å². The maximum Gasteiger partial charge on any atom is 0.341 e. The van der Waals surface area contributed by atoms with E-state index in [-0.39, 0.29) is 11.7 Å². The highest BCUT2D eigenvalue weighted by Crippen LogP contribution is 2.40. The Morgan fingerprint density at radius 1 is 1.29 bits per heavy atom. The lowest BCUT2D eigenvalue weighted by molar-refractivity contribution is -0.113. The zero-order valence-electron chi connectivity index (χ0n) is 18.0. The first kappa shape index (κ1) is 22.2. The maximum absolute atomic E-state index is 12.7. The molecule has 3 aromatic heterocycles. The number of amides is 1. The minimum Gasteiger partial charge on any atom is -0.462 e. The lowest BCUT2D eigenvalue weighted by Crippen LogP contribution is -2.16. The molecular formula is C22H25N3O3S3. The van der Waals surface area contributed by atoms with Crippen molar-refractivity contribution < 1.29 is 14.3 Å². The SMILES string of the molecule is CCOC(=O)c1c(NC(=O)CSc2ncnc3sc4c(c23)CCC(C)C4)sc(C)c1C. The van der Waals surface area contributed by atoms with Gasteiger partial charge in [0.05, 0.1) is 17.9 Å². The number of ether oxygens (including phenoxy) is 1. The summed E-state index contributed by atoms with van der Waals surface area (Å²) in [6.45, 7) is 8.17. The number of nitrogens with one attached hydrogen (secondary N) is 1. The Bertz CT molecular complexity index is 1150. The molecule has 1 atom stereocenters. The van der Waals surface area contributed by atoms with E-state index in [1.54, 1.807) is 24.6 Å². The smallest absolute Gasteiger partial charge is 0.341 e. The van der Waals surface area contributed by atoms with Crippen molar-refractivity contribution in [2.75, 3.05) is 17.7 Å². The van der Waals surface area contributed by atoms with Crippen LogP contribution in [0.1, 0.15) is 51.5 Å². The van der Waals surface area contributed by atoms with Crippen LogP contribution in [0.4, 0.5) is 5.00 Å². The van der Waals surface area contributed by atoms with Gasteiger partial charge in [0.15, 0.2) is 0 Å². The number of hydrogen-bond donors (Lipinski definition) is 1. The van der Waals surface area contributed by atoms with Crippen LogP contribution in [0.25, 0.3) is 10.2 Å². The predicted octanol–water partition coefficient (Wildman–Crippen LogP) is 5.40. The van der Waals surface area contributed by atoms with Crippen LogP contribution in [0.15, 0.2) is 11.4 Å².